The molecule has 1 saturated carbocycles. The second-order valence-electron chi connectivity index (χ2n) is 12.3. The molecule has 2 saturated heterocycles. The van der Waals surface area contributed by atoms with Gasteiger partial charge in [-0.1, -0.05) is 39.2 Å². The summed E-state index contributed by atoms with van der Waals surface area (Å²) in [6.07, 6.45) is 2.29. The number of benzene rings is 3. The fourth-order valence-electron chi connectivity index (χ4n) is 8.04. The van der Waals surface area contributed by atoms with Crippen molar-refractivity contribution in [1.82, 2.24) is 0 Å². The number of phenolic OH excluding ortho intramolecular Hbond substituents is 1. The summed E-state index contributed by atoms with van der Waals surface area (Å²) in [5, 5.41) is 11.3. The molecule has 46 heavy (non-hydrogen) atoms. The molecular formula is C34H26BrClFIN2O6. The minimum atomic E-state index is -1.42. The Bertz CT molecular complexity index is 1900. The number of ether oxygens (including phenoxy) is 1. The van der Waals surface area contributed by atoms with Gasteiger partial charge < -0.3 is 9.84 Å². The number of methoxy groups -OCH3 is 1. The third-order valence-electron chi connectivity index (χ3n) is 10.1. The summed E-state index contributed by atoms with van der Waals surface area (Å²) in [7, 11) is 1.41. The Morgan fingerprint density at radius 3 is 2.35 bits per heavy atom. The molecule has 0 spiro atoms. The number of fused-ring (bicyclic) bond motifs is 4. The van der Waals surface area contributed by atoms with E-state index in [1.165, 1.54) is 24.1 Å². The Kier molecular flexibility index (Phi) is 7.60. The lowest BCUT2D eigenvalue weighted by Crippen LogP contribution is -2.49. The number of aromatic hydroxyl groups is 1. The first-order valence-corrected chi connectivity index (χ1v) is 16.9. The van der Waals surface area contributed by atoms with E-state index in [4.69, 9.17) is 16.3 Å². The van der Waals surface area contributed by atoms with Crippen LogP contribution in [0.4, 0.5) is 15.8 Å². The van der Waals surface area contributed by atoms with Crippen molar-refractivity contribution in [2.75, 3.05) is 16.9 Å². The standard InChI is InChI=1S/C34H26BrClFIN2O6/c1-34-23(31(43)40(33(34)45)18-7-10-25(37)24(36)13-18)14-21-19(28(34)22-11-15(35)12-26(46-2)29(22)41)8-9-20-27(21)32(44)39(30(20)42)17-5-3-16(38)4-6-17/h3-8,10-13,20-21,23,27-28,41H,9,14H2,1-2H3. The van der Waals surface area contributed by atoms with Crippen LogP contribution in [0.5, 0.6) is 11.5 Å². The molecule has 0 radical (unpaired) electrons. The Labute approximate surface area is 290 Å². The van der Waals surface area contributed by atoms with Gasteiger partial charge in [-0.05, 0) is 103 Å². The molecule has 236 valence electrons. The number of amides is 4. The zero-order valence-corrected chi connectivity index (χ0v) is 29.0. The number of carbonyl (C=O) groups excluding carboxylic acids is 4. The quantitative estimate of drug-likeness (QED) is 0.173. The highest BCUT2D eigenvalue weighted by Crippen LogP contribution is 2.65. The second-order valence-corrected chi connectivity index (χ2v) is 14.9. The fraction of sp³-hybridized carbons (Fsp3) is 0.294. The van der Waals surface area contributed by atoms with E-state index in [2.05, 4.69) is 38.5 Å². The van der Waals surface area contributed by atoms with Crippen molar-refractivity contribution in [1.29, 1.82) is 0 Å². The zero-order chi connectivity index (χ0) is 32.8. The number of imide groups is 2. The lowest BCUT2D eigenvalue weighted by molar-refractivity contribution is -0.131. The van der Waals surface area contributed by atoms with E-state index in [9.17, 15) is 28.7 Å². The van der Waals surface area contributed by atoms with Crippen molar-refractivity contribution in [3.8, 4) is 11.5 Å². The second kappa shape index (κ2) is 11.2. The molecule has 0 aromatic heterocycles. The molecule has 1 N–H and O–H groups in total. The maximum atomic E-state index is 14.6. The molecular weight excluding hydrogens is 794 g/mol. The molecule has 8 nitrogen and oxygen atoms in total. The number of rotatable bonds is 4. The van der Waals surface area contributed by atoms with Gasteiger partial charge in [0.15, 0.2) is 11.5 Å². The molecule has 7 rings (SSSR count). The van der Waals surface area contributed by atoms with Crippen molar-refractivity contribution in [3.63, 3.8) is 0 Å². The smallest absolute Gasteiger partial charge is 0.241 e. The summed E-state index contributed by atoms with van der Waals surface area (Å²) in [5.41, 5.74) is 0.238. The first-order chi connectivity index (χ1) is 21.9. The summed E-state index contributed by atoms with van der Waals surface area (Å²) < 4.78 is 21.1. The van der Waals surface area contributed by atoms with E-state index in [1.54, 1.807) is 31.2 Å². The highest BCUT2D eigenvalue weighted by molar-refractivity contribution is 14.1. The van der Waals surface area contributed by atoms with E-state index in [0.717, 1.165) is 14.5 Å². The number of allylic oxidation sites excluding steroid dienone is 2. The Hall–Kier alpha value is -3.29. The molecule has 2 aliphatic heterocycles. The number of carbonyl (C=O) groups is 4. The zero-order valence-electron chi connectivity index (χ0n) is 24.5. The van der Waals surface area contributed by atoms with E-state index in [-0.39, 0.29) is 46.9 Å². The third-order valence-corrected chi connectivity index (χ3v) is 11.6. The van der Waals surface area contributed by atoms with E-state index in [1.807, 2.05) is 18.2 Å². The van der Waals surface area contributed by atoms with Gasteiger partial charge in [-0.25, -0.2) is 9.29 Å². The largest absolute Gasteiger partial charge is 0.504 e. The predicted octanol–water partition coefficient (Wildman–Crippen LogP) is 7.00. The van der Waals surface area contributed by atoms with Crippen molar-refractivity contribution < 1.29 is 33.4 Å². The van der Waals surface area contributed by atoms with Gasteiger partial charge in [0.05, 0.1) is 46.7 Å². The lowest BCUT2D eigenvalue weighted by atomic mass is 9.51. The molecule has 4 aliphatic rings. The highest BCUT2D eigenvalue weighted by atomic mass is 127. The summed E-state index contributed by atoms with van der Waals surface area (Å²) in [4.78, 5) is 59.2. The van der Waals surface area contributed by atoms with Gasteiger partial charge in [-0.3, -0.25) is 24.1 Å². The van der Waals surface area contributed by atoms with Crippen LogP contribution in [0, 0.1) is 38.5 Å². The average Bonchev–Trinajstić information content (AvgIpc) is 3.39. The molecule has 3 aromatic rings. The normalized spacial score (nSPS) is 28.7. The molecule has 0 bridgehead atoms. The summed E-state index contributed by atoms with van der Waals surface area (Å²) >= 11 is 11.7. The molecule has 3 aromatic carbocycles. The number of halogens is 4. The topological polar surface area (TPSA) is 104 Å². The SMILES string of the molecule is COc1cc(Br)cc(C2C3=CCC4C(=O)N(c5ccc(I)cc5)C(=O)C4C3CC3C(=O)N(c4ccc(F)c(Cl)c4)C(=O)C32C)c1O. The molecule has 6 atom stereocenters. The number of phenols is 1. The fourth-order valence-corrected chi connectivity index (χ4v) is 9.03. The Balaban J connectivity index is 1.40. The van der Waals surface area contributed by atoms with Crippen LogP contribution in [0.2, 0.25) is 5.02 Å². The van der Waals surface area contributed by atoms with Crippen LogP contribution in [-0.2, 0) is 19.2 Å². The Morgan fingerprint density at radius 2 is 1.67 bits per heavy atom. The monoisotopic (exact) mass is 818 g/mol. The van der Waals surface area contributed by atoms with E-state index < -0.39 is 52.6 Å². The maximum absolute atomic E-state index is 14.6. The third kappa shape index (κ3) is 4.41. The van der Waals surface area contributed by atoms with Gasteiger partial charge in [0, 0.05) is 19.5 Å². The molecule has 6 unspecified atom stereocenters. The van der Waals surface area contributed by atoms with E-state index >= 15 is 0 Å². The van der Waals surface area contributed by atoms with Gasteiger partial charge in [-0.2, -0.15) is 0 Å². The van der Waals surface area contributed by atoms with Crippen LogP contribution in [0.3, 0.4) is 0 Å². The summed E-state index contributed by atoms with van der Waals surface area (Å²) in [6, 6.07) is 14.1. The van der Waals surface area contributed by atoms with Crippen molar-refractivity contribution in [3.05, 3.63) is 90.7 Å². The minimum absolute atomic E-state index is 0.124. The Morgan fingerprint density at radius 1 is 0.978 bits per heavy atom. The molecule has 4 amide bonds. The van der Waals surface area contributed by atoms with Crippen LogP contribution in [0.15, 0.2) is 70.7 Å². The van der Waals surface area contributed by atoms with E-state index in [0.29, 0.717) is 21.3 Å². The summed E-state index contributed by atoms with van der Waals surface area (Å²) in [6.45, 7) is 1.70. The van der Waals surface area contributed by atoms with Gasteiger partial charge >= 0.3 is 0 Å². The van der Waals surface area contributed by atoms with Gasteiger partial charge in [0.1, 0.15) is 5.82 Å². The van der Waals surface area contributed by atoms with Gasteiger partial charge in [0.25, 0.3) is 0 Å². The van der Waals surface area contributed by atoms with Crippen LogP contribution in [0.1, 0.15) is 31.2 Å². The minimum Gasteiger partial charge on any atom is -0.504 e. The first-order valence-electron chi connectivity index (χ1n) is 14.6. The van der Waals surface area contributed by atoms with Gasteiger partial charge in [0.2, 0.25) is 23.6 Å². The molecule has 3 fully saturated rings. The van der Waals surface area contributed by atoms with Crippen molar-refractivity contribution >= 4 is 85.1 Å². The van der Waals surface area contributed by atoms with Crippen molar-refractivity contribution in [2.24, 2.45) is 29.1 Å². The average molecular weight is 820 g/mol. The van der Waals surface area contributed by atoms with Crippen LogP contribution in [0.25, 0.3) is 0 Å². The number of hydrogen-bond acceptors (Lipinski definition) is 6. The maximum Gasteiger partial charge on any atom is 0.241 e. The predicted molar refractivity (Wildman–Crippen MR) is 180 cm³/mol. The lowest BCUT2D eigenvalue weighted by Gasteiger charge is -2.49. The highest BCUT2D eigenvalue weighted by Gasteiger charge is 2.68. The molecule has 2 heterocycles. The van der Waals surface area contributed by atoms with Crippen LogP contribution >= 0.6 is 50.1 Å². The van der Waals surface area contributed by atoms with Gasteiger partial charge in [-0.15, -0.1) is 0 Å². The van der Waals surface area contributed by atoms with Crippen LogP contribution in [-0.4, -0.2) is 35.8 Å². The number of anilines is 2. The molecule has 12 heteroatoms. The van der Waals surface area contributed by atoms with Crippen LogP contribution < -0.4 is 14.5 Å². The number of hydrogen-bond donors (Lipinski definition) is 1. The first kappa shape index (κ1) is 31.3. The number of nitrogens with zero attached hydrogens (tertiary/aromatic N) is 2. The molecule has 2 aliphatic carbocycles. The van der Waals surface area contributed by atoms with Crippen molar-refractivity contribution in [2.45, 2.75) is 25.7 Å². The summed E-state index contributed by atoms with van der Waals surface area (Å²) in [5.74, 6) is -6.24.